The van der Waals surface area contributed by atoms with Crippen LogP contribution in [0.5, 0.6) is 0 Å². The Bertz CT molecular complexity index is 871. The van der Waals surface area contributed by atoms with Crippen LogP contribution in [0.3, 0.4) is 0 Å². The van der Waals surface area contributed by atoms with E-state index in [1.165, 1.54) is 16.8 Å². The molecule has 6 rings (SSSR count). The summed E-state index contributed by atoms with van der Waals surface area (Å²) in [7, 11) is 0. The molecule has 1 aliphatic carbocycles. The van der Waals surface area contributed by atoms with E-state index < -0.39 is 6.10 Å². The molecule has 142 valence electrons. The monoisotopic (exact) mass is 370 g/mol. The van der Waals surface area contributed by atoms with Crippen LogP contribution in [0, 0.1) is 5.82 Å². The Labute approximate surface area is 157 Å². The molecule has 2 aromatic rings. The number of nitrogens with zero attached hydrogens (tertiary/aromatic N) is 4. The minimum absolute atomic E-state index is 0.0949. The normalized spacial score (nSPS) is 26.9. The molecule has 3 aliphatic heterocycles. The largest absolute Gasteiger partial charge is 0.392 e. The molecule has 6 nitrogen and oxygen atoms in total. The van der Waals surface area contributed by atoms with Gasteiger partial charge in [-0.2, -0.15) is 9.78 Å². The summed E-state index contributed by atoms with van der Waals surface area (Å²) in [6.45, 7) is 3.71. The zero-order valence-corrected chi connectivity index (χ0v) is 15.1. The molecule has 2 bridgehead atoms. The molecule has 27 heavy (non-hydrogen) atoms. The third-order valence-electron chi connectivity index (χ3n) is 6.16. The Morgan fingerprint density at radius 2 is 1.81 bits per heavy atom. The lowest BCUT2D eigenvalue weighted by Gasteiger charge is -2.31. The maximum Gasteiger partial charge on any atom is 0.345 e. The molecule has 0 saturated carbocycles. The number of aromatic nitrogens is 2. The fraction of sp³-hybridized carbons (Fsp3) is 0.500. The summed E-state index contributed by atoms with van der Waals surface area (Å²) in [5, 5.41) is 14.8. The molecular weight excluding hydrogens is 347 g/mol. The summed E-state index contributed by atoms with van der Waals surface area (Å²) >= 11 is 0. The summed E-state index contributed by atoms with van der Waals surface area (Å²) < 4.78 is 14.8. The number of carbonyl (C=O) groups is 1. The van der Waals surface area contributed by atoms with Crippen LogP contribution in [0.25, 0.3) is 11.3 Å². The van der Waals surface area contributed by atoms with E-state index in [0.29, 0.717) is 25.1 Å². The predicted octanol–water partition coefficient (Wildman–Crippen LogP) is 1.90. The SMILES string of the molecule is O=C(N1CCN2CCC1CC2)n1nc(-c2ccc(F)cc2)c2c1CC(O)C2. The minimum Gasteiger partial charge on any atom is -0.392 e. The number of aliphatic hydroxyl groups is 1. The number of benzene rings is 1. The van der Waals surface area contributed by atoms with E-state index in [1.807, 2.05) is 4.90 Å². The molecule has 4 aliphatic rings. The number of amides is 1. The lowest BCUT2D eigenvalue weighted by atomic mass is 10.1. The summed E-state index contributed by atoms with van der Waals surface area (Å²) in [6.07, 6.45) is 2.42. The van der Waals surface area contributed by atoms with Gasteiger partial charge in [0.1, 0.15) is 5.82 Å². The van der Waals surface area contributed by atoms with E-state index in [2.05, 4.69) is 10.00 Å². The topological polar surface area (TPSA) is 61.6 Å². The zero-order valence-electron chi connectivity index (χ0n) is 15.1. The number of carbonyl (C=O) groups excluding carboxylic acids is 1. The first-order valence-electron chi connectivity index (χ1n) is 9.68. The van der Waals surface area contributed by atoms with Crippen molar-refractivity contribution in [1.29, 1.82) is 0 Å². The first-order valence-corrected chi connectivity index (χ1v) is 9.68. The van der Waals surface area contributed by atoms with E-state index in [0.717, 1.165) is 49.3 Å². The molecule has 3 saturated heterocycles. The van der Waals surface area contributed by atoms with Crippen molar-refractivity contribution < 1.29 is 14.3 Å². The summed E-state index contributed by atoms with van der Waals surface area (Å²) in [6, 6.07) is 6.32. The van der Waals surface area contributed by atoms with Gasteiger partial charge in [0, 0.05) is 56.2 Å². The Morgan fingerprint density at radius 3 is 2.56 bits per heavy atom. The van der Waals surface area contributed by atoms with Crippen molar-refractivity contribution in [2.24, 2.45) is 0 Å². The van der Waals surface area contributed by atoms with Gasteiger partial charge in [0.25, 0.3) is 0 Å². The highest BCUT2D eigenvalue weighted by atomic mass is 19.1. The third kappa shape index (κ3) is 2.85. The van der Waals surface area contributed by atoms with Crippen molar-refractivity contribution in [2.75, 3.05) is 26.2 Å². The van der Waals surface area contributed by atoms with Crippen LogP contribution in [-0.4, -0.2) is 69.0 Å². The first kappa shape index (κ1) is 16.9. The van der Waals surface area contributed by atoms with Crippen molar-refractivity contribution in [3.8, 4) is 11.3 Å². The van der Waals surface area contributed by atoms with Crippen molar-refractivity contribution >= 4 is 6.03 Å². The van der Waals surface area contributed by atoms with E-state index >= 15 is 0 Å². The number of piperidine rings is 1. The van der Waals surface area contributed by atoms with Crippen LogP contribution >= 0.6 is 0 Å². The molecule has 1 unspecified atom stereocenters. The maximum atomic E-state index is 13.4. The predicted molar refractivity (Wildman–Crippen MR) is 98.0 cm³/mol. The highest BCUT2D eigenvalue weighted by Crippen LogP contribution is 2.33. The van der Waals surface area contributed by atoms with Gasteiger partial charge in [0.05, 0.1) is 17.5 Å². The molecule has 1 atom stereocenters. The Morgan fingerprint density at radius 1 is 1.07 bits per heavy atom. The van der Waals surface area contributed by atoms with Crippen LogP contribution in [0.4, 0.5) is 9.18 Å². The van der Waals surface area contributed by atoms with Crippen molar-refractivity contribution in [2.45, 2.75) is 37.8 Å². The maximum absolute atomic E-state index is 13.4. The average molecular weight is 370 g/mol. The summed E-state index contributed by atoms with van der Waals surface area (Å²) in [4.78, 5) is 17.7. The number of aliphatic hydroxyl groups excluding tert-OH is 1. The number of hydrogen-bond donors (Lipinski definition) is 1. The summed E-state index contributed by atoms with van der Waals surface area (Å²) in [5.74, 6) is -0.304. The average Bonchev–Trinajstić information content (AvgIpc) is 3.05. The van der Waals surface area contributed by atoms with Crippen LogP contribution < -0.4 is 0 Å². The van der Waals surface area contributed by atoms with Crippen LogP contribution in [0.1, 0.15) is 24.1 Å². The fourth-order valence-electron chi connectivity index (χ4n) is 4.70. The molecule has 4 heterocycles. The highest BCUT2D eigenvalue weighted by Gasteiger charge is 2.36. The molecule has 3 fully saturated rings. The zero-order chi connectivity index (χ0) is 18.5. The van der Waals surface area contributed by atoms with Gasteiger partial charge in [-0.15, -0.1) is 0 Å². The summed E-state index contributed by atoms with van der Waals surface area (Å²) in [5.41, 5.74) is 3.16. The van der Waals surface area contributed by atoms with Crippen molar-refractivity contribution in [1.82, 2.24) is 19.6 Å². The van der Waals surface area contributed by atoms with Gasteiger partial charge in [0.2, 0.25) is 0 Å². The number of fused-ring (bicyclic) bond motifs is 5. The first-order chi connectivity index (χ1) is 13.1. The molecular formula is C20H23FN4O2. The van der Waals surface area contributed by atoms with Gasteiger partial charge in [-0.3, -0.25) is 0 Å². The van der Waals surface area contributed by atoms with Gasteiger partial charge < -0.3 is 14.9 Å². The van der Waals surface area contributed by atoms with Gasteiger partial charge in [-0.25, -0.2) is 9.18 Å². The Kier molecular flexibility index (Phi) is 4.02. The van der Waals surface area contributed by atoms with Crippen molar-refractivity contribution in [3.63, 3.8) is 0 Å². The van der Waals surface area contributed by atoms with Gasteiger partial charge >= 0.3 is 6.03 Å². The standard InChI is InChI=1S/C20H23FN4O2/c21-14-3-1-13(2-4-14)19-17-11-16(26)12-18(17)25(22-19)20(27)24-10-9-23-7-5-15(24)6-8-23/h1-4,15-16,26H,5-12H2. The molecule has 1 amide bonds. The van der Waals surface area contributed by atoms with Crippen LogP contribution in [0.15, 0.2) is 24.3 Å². The quantitative estimate of drug-likeness (QED) is 0.833. The molecule has 1 aromatic carbocycles. The van der Waals surface area contributed by atoms with E-state index in [-0.39, 0.29) is 17.9 Å². The second-order valence-corrected chi connectivity index (χ2v) is 7.80. The van der Waals surface area contributed by atoms with Crippen molar-refractivity contribution in [3.05, 3.63) is 41.3 Å². The second kappa shape index (κ2) is 6.42. The molecule has 7 heteroatoms. The molecule has 0 spiro atoms. The van der Waals surface area contributed by atoms with Crippen LogP contribution in [0.2, 0.25) is 0 Å². The highest BCUT2D eigenvalue weighted by molar-refractivity contribution is 5.80. The number of halogens is 1. The Balaban J connectivity index is 1.53. The smallest absolute Gasteiger partial charge is 0.345 e. The molecule has 0 radical (unpaired) electrons. The minimum atomic E-state index is -0.498. The Hall–Kier alpha value is -2.25. The third-order valence-corrected chi connectivity index (χ3v) is 6.16. The number of hydrogen-bond acceptors (Lipinski definition) is 4. The van der Waals surface area contributed by atoms with Crippen LogP contribution in [-0.2, 0) is 12.8 Å². The fourth-order valence-corrected chi connectivity index (χ4v) is 4.70. The molecule has 1 aromatic heterocycles. The van der Waals surface area contributed by atoms with Gasteiger partial charge in [-0.05, 0) is 37.1 Å². The molecule has 1 N–H and O–H groups in total. The second-order valence-electron chi connectivity index (χ2n) is 7.80. The number of rotatable bonds is 1. The van der Waals surface area contributed by atoms with E-state index in [1.54, 1.807) is 12.1 Å². The van der Waals surface area contributed by atoms with E-state index in [9.17, 15) is 14.3 Å². The van der Waals surface area contributed by atoms with Gasteiger partial charge in [-0.1, -0.05) is 0 Å². The lowest BCUT2D eigenvalue weighted by molar-refractivity contribution is 0.166. The lowest BCUT2D eigenvalue weighted by Crippen LogP contribution is -2.44. The van der Waals surface area contributed by atoms with Gasteiger partial charge in [0.15, 0.2) is 0 Å². The van der Waals surface area contributed by atoms with E-state index in [4.69, 9.17) is 0 Å².